The Kier molecular flexibility index (Phi) is 4.15. The third kappa shape index (κ3) is 3.32. The molecule has 3 heteroatoms. The molecule has 0 saturated carbocycles. The maximum absolute atomic E-state index is 13.6. The molecule has 0 aliphatic heterocycles. The van der Waals surface area contributed by atoms with E-state index in [1.165, 1.54) is 17.7 Å². The van der Waals surface area contributed by atoms with Crippen molar-refractivity contribution >= 4 is 0 Å². The van der Waals surface area contributed by atoms with E-state index in [0.717, 1.165) is 12.0 Å². The predicted octanol–water partition coefficient (Wildman–Crippen LogP) is 3.84. The number of benzene rings is 2. The molecule has 0 aliphatic carbocycles. The minimum atomic E-state index is -0.510. The van der Waals surface area contributed by atoms with Crippen molar-refractivity contribution in [2.75, 3.05) is 0 Å². The molecule has 0 unspecified atom stereocenters. The Morgan fingerprint density at radius 1 is 1.11 bits per heavy atom. The standard InChI is InChI=1S/C16H14FNO/c1-2-12-3-5-13(6-4-12)11-19-16-8-7-14(10-18)9-15(16)17/h3-9H,2,11H2,1H3. The molecule has 0 atom stereocenters. The summed E-state index contributed by atoms with van der Waals surface area (Å²) in [7, 11) is 0. The summed E-state index contributed by atoms with van der Waals surface area (Å²) in [6, 6.07) is 14.1. The molecule has 0 aliphatic rings. The molecule has 0 N–H and O–H groups in total. The Bertz CT molecular complexity index is 599. The number of hydrogen-bond acceptors (Lipinski definition) is 2. The van der Waals surface area contributed by atoms with Crippen molar-refractivity contribution in [3.63, 3.8) is 0 Å². The number of rotatable bonds is 4. The Morgan fingerprint density at radius 3 is 2.37 bits per heavy atom. The van der Waals surface area contributed by atoms with Gasteiger partial charge >= 0.3 is 0 Å². The Labute approximate surface area is 112 Å². The number of ether oxygens (including phenoxy) is 1. The summed E-state index contributed by atoms with van der Waals surface area (Å²) in [6.45, 7) is 2.41. The predicted molar refractivity (Wildman–Crippen MR) is 71.3 cm³/mol. The average Bonchev–Trinajstić information content (AvgIpc) is 2.46. The van der Waals surface area contributed by atoms with E-state index in [0.29, 0.717) is 6.61 Å². The lowest BCUT2D eigenvalue weighted by Gasteiger charge is -2.08. The molecule has 2 rings (SSSR count). The van der Waals surface area contributed by atoms with Crippen LogP contribution in [0.25, 0.3) is 0 Å². The zero-order valence-corrected chi connectivity index (χ0v) is 10.7. The van der Waals surface area contributed by atoms with Crippen LogP contribution in [0.3, 0.4) is 0 Å². The summed E-state index contributed by atoms with van der Waals surface area (Å²) in [6.07, 6.45) is 0.991. The molecule has 0 fully saturated rings. The molecule has 0 amide bonds. The van der Waals surface area contributed by atoms with Gasteiger partial charge in [0.15, 0.2) is 11.6 Å². The van der Waals surface area contributed by atoms with Crippen LogP contribution in [0, 0.1) is 17.1 Å². The van der Waals surface area contributed by atoms with Crippen LogP contribution in [-0.2, 0) is 13.0 Å². The van der Waals surface area contributed by atoms with E-state index in [1.54, 1.807) is 6.07 Å². The summed E-state index contributed by atoms with van der Waals surface area (Å²) in [5, 5.41) is 8.65. The maximum atomic E-state index is 13.6. The van der Waals surface area contributed by atoms with Crippen molar-refractivity contribution in [1.29, 1.82) is 5.26 Å². The fourth-order valence-electron chi connectivity index (χ4n) is 1.72. The van der Waals surface area contributed by atoms with Crippen molar-refractivity contribution in [2.24, 2.45) is 0 Å². The Morgan fingerprint density at radius 2 is 1.79 bits per heavy atom. The molecule has 0 spiro atoms. The van der Waals surface area contributed by atoms with Crippen LogP contribution in [0.4, 0.5) is 4.39 Å². The van der Waals surface area contributed by atoms with Gasteiger partial charge in [0.05, 0.1) is 11.6 Å². The molecule has 19 heavy (non-hydrogen) atoms. The largest absolute Gasteiger partial charge is 0.486 e. The highest BCUT2D eigenvalue weighted by atomic mass is 19.1. The van der Waals surface area contributed by atoms with Gasteiger partial charge in [0.1, 0.15) is 6.61 Å². The minimum absolute atomic E-state index is 0.165. The zero-order chi connectivity index (χ0) is 13.7. The molecule has 0 heterocycles. The summed E-state index contributed by atoms with van der Waals surface area (Å²) < 4.78 is 19.0. The van der Waals surface area contributed by atoms with E-state index >= 15 is 0 Å². The molecule has 2 aromatic carbocycles. The van der Waals surface area contributed by atoms with E-state index < -0.39 is 5.82 Å². The molecule has 0 aromatic heterocycles. The van der Waals surface area contributed by atoms with E-state index in [-0.39, 0.29) is 11.3 Å². The monoisotopic (exact) mass is 255 g/mol. The number of aryl methyl sites for hydroxylation is 1. The summed E-state index contributed by atoms with van der Waals surface area (Å²) in [4.78, 5) is 0. The second kappa shape index (κ2) is 6.01. The van der Waals surface area contributed by atoms with Crippen LogP contribution in [0.1, 0.15) is 23.6 Å². The smallest absolute Gasteiger partial charge is 0.166 e. The Hall–Kier alpha value is -2.34. The van der Waals surface area contributed by atoms with E-state index in [4.69, 9.17) is 10.00 Å². The SMILES string of the molecule is CCc1ccc(COc2ccc(C#N)cc2F)cc1. The van der Waals surface area contributed by atoms with Crippen LogP contribution >= 0.6 is 0 Å². The van der Waals surface area contributed by atoms with Crippen LogP contribution in [0.15, 0.2) is 42.5 Å². The van der Waals surface area contributed by atoms with Gasteiger partial charge in [-0.15, -0.1) is 0 Å². The van der Waals surface area contributed by atoms with Crippen molar-refractivity contribution < 1.29 is 9.13 Å². The normalized spacial score (nSPS) is 9.95. The van der Waals surface area contributed by atoms with Crippen LogP contribution in [-0.4, -0.2) is 0 Å². The van der Waals surface area contributed by atoms with Crippen molar-refractivity contribution in [2.45, 2.75) is 20.0 Å². The van der Waals surface area contributed by atoms with Crippen molar-refractivity contribution in [3.05, 3.63) is 65.0 Å². The maximum Gasteiger partial charge on any atom is 0.166 e. The summed E-state index contributed by atoms with van der Waals surface area (Å²) in [5.74, 6) is -0.345. The highest BCUT2D eigenvalue weighted by molar-refractivity contribution is 5.36. The minimum Gasteiger partial charge on any atom is -0.486 e. The molecule has 0 bridgehead atoms. The van der Waals surface area contributed by atoms with Gasteiger partial charge in [-0.25, -0.2) is 4.39 Å². The average molecular weight is 255 g/mol. The first-order valence-corrected chi connectivity index (χ1v) is 6.13. The molecule has 2 aromatic rings. The van der Waals surface area contributed by atoms with Crippen molar-refractivity contribution in [1.82, 2.24) is 0 Å². The first-order valence-electron chi connectivity index (χ1n) is 6.13. The molecule has 96 valence electrons. The van der Waals surface area contributed by atoms with E-state index in [2.05, 4.69) is 6.92 Å². The highest BCUT2D eigenvalue weighted by Gasteiger charge is 2.05. The van der Waals surface area contributed by atoms with Crippen LogP contribution in [0.2, 0.25) is 0 Å². The van der Waals surface area contributed by atoms with Gasteiger partial charge in [0.2, 0.25) is 0 Å². The fourth-order valence-corrected chi connectivity index (χ4v) is 1.72. The van der Waals surface area contributed by atoms with Gasteiger partial charge in [0, 0.05) is 0 Å². The molecule has 2 nitrogen and oxygen atoms in total. The number of halogens is 1. The second-order valence-corrected chi connectivity index (χ2v) is 4.22. The van der Waals surface area contributed by atoms with Gasteiger partial charge < -0.3 is 4.74 Å². The topological polar surface area (TPSA) is 33.0 Å². The van der Waals surface area contributed by atoms with E-state index in [1.807, 2.05) is 30.3 Å². The van der Waals surface area contributed by atoms with Crippen LogP contribution < -0.4 is 4.74 Å². The lowest BCUT2D eigenvalue weighted by molar-refractivity contribution is 0.290. The molecular weight excluding hydrogens is 241 g/mol. The lowest BCUT2D eigenvalue weighted by Crippen LogP contribution is -1.98. The third-order valence-electron chi connectivity index (χ3n) is 2.89. The quantitative estimate of drug-likeness (QED) is 0.831. The van der Waals surface area contributed by atoms with Gasteiger partial charge in [-0.3, -0.25) is 0 Å². The lowest BCUT2D eigenvalue weighted by atomic mass is 10.1. The molecule has 0 saturated heterocycles. The van der Waals surface area contributed by atoms with Gasteiger partial charge in [0.25, 0.3) is 0 Å². The highest BCUT2D eigenvalue weighted by Crippen LogP contribution is 2.19. The van der Waals surface area contributed by atoms with E-state index in [9.17, 15) is 4.39 Å². The number of hydrogen-bond donors (Lipinski definition) is 0. The molecular formula is C16H14FNO. The Balaban J connectivity index is 2.04. The fraction of sp³-hybridized carbons (Fsp3) is 0.188. The van der Waals surface area contributed by atoms with Gasteiger partial charge in [-0.1, -0.05) is 31.2 Å². The number of nitriles is 1. The second-order valence-electron chi connectivity index (χ2n) is 4.22. The van der Waals surface area contributed by atoms with Gasteiger partial charge in [-0.2, -0.15) is 5.26 Å². The zero-order valence-electron chi connectivity index (χ0n) is 10.7. The molecule has 0 radical (unpaired) electrons. The first-order chi connectivity index (χ1) is 9.22. The summed E-state index contributed by atoms with van der Waals surface area (Å²) in [5.41, 5.74) is 2.53. The number of nitrogens with zero attached hydrogens (tertiary/aromatic N) is 1. The van der Waals surface area contributed by atoms with Gasteiger partial charge in [-0.05, 0) is 35.7 Å². The van der Waals surface area contributed by atoms with Crippen LogP contribution in [0.5, 0.6) is 5.75 Å². The summed E-state index contributed by atoms with van der Waals surface area (Å²) >= 11 is 0. The first kappa shape index (κ1) is 13.1. The third-order valence-corrected chi connectivity index (χ3v) is 2.89. The van der Waals surface area contributed by atoms with Crippen molar-refractivity contribution in [3.8, 4) is 11.8 Å².